The summed E-state index contributed by atoms with van der Waals surface area (Å²) in [7, 11) is 0.465. The van der Waals surface area contributed by atoms with Crippen LogP contribution in [0.25, 0.3) is 0 Å². The lowest BCUT2D eigenvalue weighted by Crippen LogP contribution is -2.45. The minimum absolute atomic E-state index is 0.0281. The summed E-state index contributed by atoms with van der Waals surface area (Å²) >= 11 is 0. The molecule has 0 radical (unpaired) electrons. The maximum absolute atomic E-state index is 12.5. The number of carbonyl (C=O) groups is 2. The fraction of sp³-hybridized carbons (Fsp3) is 0.750. The SMILES string of the molecule is CO[Si](CO)(CCCNC(=O)C1C2CC(C=C2C)C1C(=O)O)OC. The fourth-order valence-electron chi connectivity index (χ4n) is 4.07. The van der Waals surface area contributed by atoms with Crippen LogP contribution < -0.4 is 5.32 Å². The molecule has 4 unspecified atom stereocenters. The number of amides is 1. The van der Waals surface area contributed by atoms with E-state index in [-0.39, 0.29) is 24.0 Å². The molecule has 7 nitrogen and oxygen atoms in total. The Hall–Kier alpha value is -1.22. The van der Waals surface area contributed by atoms with Gasteiger partial charge in [0.15, 0.2) is 0 Å². The number of hydrogen-bond donors (Lipinski definition) is 3. The first-order chi connectivity index (χ1) is 11.4. The summed E-state index contributed by atoms with van der Waals surface area (Å²) in [6.07, 6.45) is 3.25. The molecule has 3 N–H and O–H groups in total. The van der Waals surface area contributed by atoms with E-state index in [2.05, 4.69) is 5.32 Å². The molecule has 136 valence electrons. The number of carbonyl (C=O) groups excluding carboxylic acids is 1. The fourth-order valence-corrected chi connectivity index (χ4v) is 5.78. The van der Waals surface area contributed by atoms with Gasteiger partial charge in [-0.15, -0.1) is 0 Å². The molecule has 2 aliphatic carbocycles. The second kappa shape index (κ2) is 7.77. The number of hydrogen-bond acceptors (Lipinski definition) is 5. The number of aliphatic carboxylic acids is 1. The molecule has 0 aliphatic heterocycles. The largest absolute Gasteiger partial charge is 0.481 e. The third-order valence-electron chi connectivity index (χ3n) is 5.48. The van der Waals surface area contributed by atoms with Gasteiger partial charge < -0.3 is 24.4 Å². The second-order valence-electron chi connectivity index (χ2n) is 6.68. The van der Waals surface area contributed by atoms with E-state index < -0.39 is 26.4 Å². The van der Waals surface area contributed by atoms with E-state index in [9.17, 15) is 19.8 Å². The third-order valence-corrected chi connectivity index (χ3v) is 8.56. The van der Waals surface area contributed by atoms with E-state index in [4.69, 9.17) is 8.85 Å². The molecule has 2 aliphatic rings. The number of fused-ring (bicyclic) bond motifs is 2. The van der Waals surface area contributed by atoms with Crippen LogP contribution in [0.4, 0.5) is 0 Å². The Labute approximate surface area is 143 Å². The molecule has 0 spiro atoms. The molecular weight excluding hydrogens is 330 g/mol. The molecule has 24 heavy (non-hydrogen) atoms. The average Bonchev–Trinajstić information content (AvgIpc) is 3.12. The Morgan fingerprint density at radius 2 is 2.00 bits per heavy atom. The Morgan fingerprint density at radius 1 is 1.33 bits per heavy atom. The van der Waals surface area contributed by atoms with Crippen LogP contribution >= 0.6 is 0 Å². The second-order valence-corrected chi connectivity index (χ2v) is 10.1. The normalized spacial score (nSPS) is 28.8. The van der Waals surface area contributed by atoms with Gasteiger partial charge in [-0.05, 0) is 37.6 Å². The van der Waals surface area contributed by atoms with Crippen molar-refractivity contribution in [1.29, 1.82) is 0 Å². The summed E-state index contributed by atoms with van der Waals surface area (Å²) in [6, 6.07) is 0.564. The highest BCUT2D eigenvalue weighted by Gasteiger charge is 2.53. The summed E-state index contributed by atoms with van der Waals surface area (Å²) in [4.78, 5) is 24.1. The lowest BCUT2D eigenvalue weighted by atomic mass is 9.79. The molecule has 2 rings (SSSR count). The number of allylic oxidation sites excluding steroid dienone is 2. The van der Waals surface area contributed by atoms with Crippen molar-refractivity contribution in [3.63, 3.8) is 0 Å². The summed E-state index contributed by atoms with van der Waals surface area (Å²) in [5.41, 5.74) is 1.13. The lowest BCUT2D eigenvalue weighted by Gasteiger charge is -2.27. The molecule has 0 aromatic rings. The highest BCUT2D eigenvalue weighted by atomic mass is 28.4. The van der Waals surface area contributed by atoms with Crippen molar-refractivity contribution in [2.75, 3.05) is 27.0 Å². The zero-order valence-electron chi connectivity index (χ0n) is 14.4. The van der Waals surface area contributed by atoms with Crippen LogP contribution in [0.1, 0.15) is 19.8 Å². The van der Waals surface area contributed by atoms with Gasteiger partial charge in [-0.2, -0.15) is 0 Å². The van der Waals surface area contributed by atoms with Crippen LogP contribution in [0.5, 0.6) is 0 Å². The first kappa shape index (κ1) is 19.1. The summed E-state index contributed by atoms with van der Waals surface area (Å²) < 4.78 is 10.6. The monoisotopic (exact) mass is 357 g/mol. The molecule has 1 fully saturated rings. The molecule has 4 atom stereocenters. The molecule has 0 aromatic carbocycles. The third kappa shape index (κ3) is 3.56. The summed E-state index contributed by atoms with van der Waals surface area (Å²) in [5, 5.41) is 21.7. The first-order valence-electron chi connectivity index (χ1n) is 8.29. The van der Waals surface area contributed by atoms with Crippen molar-refractivity contribution in [3.8, 4) is 0 Å². The number of aliphatic hydroxyl groups is 1. The highest BCUT2D eigenvalue weighted by molar-refractivity contribution is 6.67. The van der Waals surface area contributed by atoms with Crippen molar-refractivity contribution < 1.29 is 28.7 Å². The molecular formula is C16H27NO6Si. The Kier molecular flexibility index (Phi) is 6.19. The van der Waals surface area contributed by atoms with Crippen molar-refractivity contribution in [2.45, 2.75) is 25.8 Å². The van der Waals surface area contributed by atoms with E-state index >= 15 is 0 Å². The van der Waals surface area contributed by atoms with Crippen molar-refractivity contribution in [2.24, 2.45) is 23.7 Å². The van der Waals surface area contributed by atoms with Gasteiger partial charge in [-0.25, -0.2) is 0 Å². The molecule has 2 bridgehead atoms. The molecule has 0 heterocycles. The zero-order valence-corrected chi connectivity index (χ0v) is 15.4. The number of aliphatic hydroxyl groups excluding tert-OH is 1. The number of nitrogens with one attached hydrogen (secondary N) is 1. The van der Waals surface area contributed by atoms with Gasteiger partial charge in [-0.1, -0.05) is 11.6 Å². The zero-order chi connectivity index (χ0) is 17.9. The predicted molar refractivity (Wildman–Crippen MR) is 89.3 cm³/mol. The van der Waals surface area contributed by atoms with Crippen LogP contribution in [0, 0.1) is 23.7 Å². The van der Waals surface area contributed by atoms with Gasteiger partial charge in [0.25, 0.3) is 0 Å². The van der Waals surface area contributed by atoms with Gasteiger partial charge >= 0.3 is 14.5 Å². The number of rotatable bonds is 9. The minimum atomic E-state index is -2.58. The van der Waals surface area contributed by atoms with Crippen molar-refractivity contribution >= 4 is 20.4 Å². The van der Waals surface area contributed by atoms with Gasteiger partial charge in [0, 0.05) is 20.8 Å². The van der Waals surface area contributed by atoms with Crippen LogP contribution in [0.15, 0.2) is 11.6 Å². The maximum Gasteiger partial charge on any atom is 0.364 e. The molecule has 8 heteroatoms. The van der Waals surface area contributed by atoms with Gasteiger partial charge in [0.05, 0.1) is 18.1 Å². The van der Waals surface area contributed by atoms with E-state index in [1.807, 2.05) is 13.0 Å². The van der Waals surface area contributed by atoms with Gasteiger partial charge in [-0.3, -0.25) is 9.59 Å². The van der Waals surface area contributed by atoms with Crippen molar-refractivity contribution in [3.05, 3.63) is 11.6 Å². The van der Waals surface area contributed by atoms with Gasteiger partial charge in [0.2, 0.25) is 5.91 Å². The van der Waals surface area contributed by atoms with E-state index in [1.165, 1.54) is 14.2 Å². The number of carboxylic acid groups (broad SMARTS) is 1. The molecule has 0 aromatic heterocycles. The van der Waals surface area contributed by atoms with Crippen LogP contribution in [-0.2, 0) is 18.4 Å². The first-order valence-corrected chi connectivity index (χ1v) is 10.5. The van der Waals surface area contributed by atoms with Crippen LogP contribution in [0.3, 0.4) is 0 Å². The summed E-state index contributed by atoms with van der Waals surface area (Å²) in [5.74, 6) is -2.17. The maximum atomic E-state index is 12.5. The molecule has 1 amide bonds. The van der Waals surface area contributed by atoms with E-state index in [1.54, 1.807) is 0 Å². The lowest BCUT2D eigenvalue weighted by molar-refractivity contribution is -0.147. The Balaban J connectivity index is 1.89. The van der Waals surface area contributed by atoms with E-state index in [0.29, 0.717) is 19.0 Å². The average molecular weight is 357 g/mol. The van der Waals surface area contributed by atoms with Crippen LogP contribution in [0.2, 0.25) is 6.04 Å². The van der Waals surface area contributed by atoms with E-state index in [0.717, 1.165) is 12.0 Å². The minimum Gasteiger partial charge on any atom is -0.481 e. The smallest absolute Gasteiger partial charge is 0.364 e. The molecule has 1 saturated carbocycles. The Bertz CT molecular complexity index is 510. The summed E-state index contributed by atoms with van der Waals surface area (Å²) in [6.45, 7) is 2.39. The van der Waals surface area contributed by atoms with Crippen LogP contribution in [-0.4, -0.2) is 57.6 Å². The van der Waals surface area contributed by atoms with Crippen molar-refractivity contribution in [1.82, 2.24) is 5.32 Å². The quantitative estimate of drug-likeness (QED) is 0.318. The number of carboxylic acids is 1. The topological polar surface area (TPSA) is 105 Å². The molecule has 0 saturated heterocycles. The standard InChI is InChI=1S/C16H27NO6Si/c1-10-7-11-8-12(10)14(13(11)16(20)21)15(19)17-5-4-6-24(9-18,22-2)23-3/h7,11-14,18H,4-6,8-9H2,1-3H3,(H,17,19)(H,20,21). The highest BCUT2D eigenvalue weighted by Crippen LogP contribution is 2.51. The predicted octanol–water partition coefficient (Wildman–Crippen LogP) is 0.672. The van der Waals surface area contributed by atoms with Gasteiger partial charge in [0.1, 0.15) is 0 Å². The Morgan fingerprint density at radius 3 is 2.54 bits per heavy atom.